The summed E-state index contributed by atoms with van der Waals surface area (Å²) in [6.07, 6.45) is 0. The summed E-state index contributed by atoms with van der Waals surface area (Å²) in [5.74, 6) is -0.343. The lowest BCUT2D eigenvalue weighted by molar-refractivity contribution is 0.0920. The van der Waals surface area contributed by atoms with Gasteiger partial charge in [0.1, 0.15) is 0 Å². The van der Waals surface area contributed by atoms with Crippen molar-refractivity contribution in [2.75, 3.05) is 0 Å². The number of nitrogens with one attached hydrogen (secondary N) is 1. The van der Waals surface area contributed by atoms with Gasteiger partial charge < -0.3 is 15.4 Å². The van der Waals surface area contributed by atoms with Crippen LogP contribution >= 0.6 is 11.6 Å². The molecule has 92 valence electrons. The molecule has 0 saturated carbocycles. The first-order chi connectivity index (χ1) is 7.70. The quantitative estimate of drug-likeness (QED) is 0.676. The number of carbonyl (C=O) groups is 1. The van der Waals surface area contributed by atoms with Gasteiger partial charge in [-0.05, 0) is 38.4 Å². The topological polar surface area (TPSA) is 69.6 Å². The van der Waals surface area contributed by atoms with Gasteiger partial charge in [0, 0.05) is 5.54 Å². The Morgan fingerprint density at radius 3 is 2.41 bits per heavy atom. The summed E-state index contributed by atoms with van der Waals surface area (Å²) in [7, 11) is -1.62. The van der Waals surface area contributed by atoms with Gasteiger partial charge in [-0.15, -0.1) is 0 Å². The molecular weight excluding hydrogens is 240 g/mol. The Balaban J connectivity index is 3.04. The molecule has 1 aromatic rings. The molecule has 0 bridgehead atoms. The van der Waals surface area contributed by atoms with Crippen molar-refractivity contribution in [2.45, 2.75) is 26.3 Å². The van der Waals surface area contributed by atoms with Crippen LogP contribution in [0.4, 0.5) is 0 Å². The number of hydrogen-bond donors (Lipinski definition) is 3. The zero-order chi connectivity index (χ0) is 13.2. The third kappa shape index (κ3) is 4.04. The minimum absolute atomic E-state index is 0.229. The smallest absolute Gasteiger partial charge is 0.423 e. The van der Waals surface area contributed by atoms with Crippen molar-refractivity contribution in [1.29, 1.82) is 0 Å². The Labute approximate surface area is 106 Å². The molecule has 1 rings (SSSR count). The summed E-state index contributed by atoms with van der Waals surface area (Å²) in [5, 5.41) is 21.1. The first-order valence-corrected chi connectivity index (χ1v) is 5.56. The number of halogens is 1. The van der Waals surface area contributed by atoms with E-state index in [-0.39, 0.29) is 27.5 Å². The van der Waals surface area contributed by atoms with Gasteiger partial charge in [0.25, 0.3) is 5.91 Å². The second-order valence-electron chi connectivity index (χ2n) is 4.82. The van der Waals surface area contributed by atoms with Crippen molar-refractivity contribution in [3.63, 3.8) is 0 Å². The number of carbonyl (C=O) groups excluding carboxylic acids is 1. The Morgan fingerprint density at radius 1 is 1.35 bits per heavy atom. The van der Waals surface area contributed by atoms with E-state index in [9.17, 15) is 4.79 Å². The highest BCUT2D eigenvalue weighted by atomic mass is 35.5. The largest absolute Gasteiger partial charge is 0.488 e. The van der Waals surface area contributed by atoms with Crippen LogP contribution in [0.25, 0.3) is 0 Å². The SMILES string of the molecule is CC(C)(C)NC(=O)c1cc(B(O)O)ccc1Cl. The molecular formula is C11H15BClNO3. The van der Waals surface area contributed by atoms with Crippen LogP contribution in [0.15, 0.2) is 18.2 Å². The van der Waals surface area contributed by atoms with E-state index in [0.717, 1.165) is 0 Å². The van der Waals surface area contributed by atoms with Crippen LogP contribution in [0.1, 0.15) is 31.1 Å². The lowest BCUT2D eigenvalue weighted by Gasteiger charge is -2.21. The molecule has 0 heterocycles. The van der Waals surface area contributed by atoms with Gasteiger partial charge in [-0.3, -0.25) is 4.79 Å². The van der Waals surface area contributed by atoms with Crippen molar-refractivity contribution in [2.24, 2.45) is 0 Å². The van der Waals surface area contributed by atoms with E-state index >= 15 is 0 Å². The summed E-state index contributed by atoms with van der Waals surface area (Å²) < 4.78 is 0. The molecule has 17 heavy (non-hydrogen) atoms. The summed E-state index contributed by atoms with van der Waals surface area (Å²) in [5.41, 5.74) is 0.0782. The predicted octanol–water partition coefficient (Wildman–Crippen LogP) is 0.548. The number of benzene rings is 1. The van der Waals surface area contributed by atoms with Gasteiger partial charge in [0.05, 0.1) is 10.6 Å². The van der Waals surface area contributed by atoms with E-state index in [0.29, 0.717) is 0 Å². The third-order valence-electron chi connectivity index (χ3n) is 2.02. The molecule has 0 unspecified atom stereocenters. The Hall–Kier alpha value is -1.04. The van der Waals surface area contributed by atoms with E-state index in [2.05, 4.69) is 5.32 Å². The Kier molecular flexibility index (Phi) is 4.19. The summed E-state index contributed by atoms with van der Waals surface area (Å²) in [4.78, 5) is 11.9. The van der Waals surface area contributed by atoms with Crippen molar-refractivity contribution in [3.8, 4) is 0 Å². The van der Waals surface area contributed by atoms with Crippen LogP contribution in [0, 0.1) is 0 Å². The van der Waals surface area contributed by atoms with Crippen LogP contribution in [-0.4, -0.2) is 28.6 Å². The van der Waals surface area contributed by atoms with E-state index < -0.39 is 7.12 Å². The maximum absolute atomic E-state index is 11.9. The highest BCUT2D eigenvalue weighted by Gasteiger charge is 2.20. The minimum atomic E-state index is -1.62. The van der Waals surface area contributed by atoms with Crippen molar-refractivity contribution < 1.29 is 14.8 Å². The lowest BCUT2D eigenvalue weighted by Crippen LogP contribution is -2.41. The summed E-state index contributed by atoms with van der Waals surface area (Å²) in [6.45, 7) is 5.55. The van der Waals surface area contributed by atoms with Crippen LogP contribution in [0.3, 0.4) is 0 Å². The molecule has 6 heteroatoms. The van der Waals surface area contributed by atoms with Crippen molar-refractivity contribution in [3.05, 3.63) is 28.8 Å². The van der Waals surface area contributed by atoms with E-state index in [1.165, 1.54) is 18.2 Å². The summed E-state index contributed by atoms with van der Waals surface area (Å²) in [6, 6.07) is 4.29. The molecule has 1 aromatic carbocycles. The molecule has 0 aliphatic heterocycles. The number of rotatable bonds is 2. The molecule has 0 fully saturated rings. The molecule has 0 saturated heterocycles. The van der Waals surface area contributed by atoms with Crippen LogP contribution in [-0.2, 0) is 0 Å². The van der Waals surface area contributed by atoms with Gasteiger partial charge in [-0.2, -0.15) is 0 Å². The first kappa shape index (κ1) is 14.0. The molecule has 4 nitrogen and oxygen atoms in total. The molecule has 1 amide bonds. The average Bonchev–Trinajstić information content (AvgIpc) is 2.14. The highest BCUT2D eigenvalue weighted by Crippen LogP contribution is 2.15. The second-order valence-corrected chi connectivity index (χ2v) is 5.22. The molecule has 3 N–H and O–H groups in total. The van der Waals surface area contributed by atoms with Crippen molar-refractivity contribution in [1.82, 2.24) is 5.32 Å². The van der Waals surface area contributed by atoms with Gasteiger partial charge in [-0.1, -0.05) is 17.7 Å². The van der Waals surface area contributed by atoms with E-state index in [1.54, 1.807) is 0 Å². The van der Waals surface area contributed by atoms with Crippen LogP contribution < -0.4 is 10.8 Å². The third-order valence-corrected chi connectivity index (χ3v) is 2.35. The molecule has 0 radical (unpaired) electrons. The number of amides is 1. The fraction of sp³-hybridized carbons (Fsp3) is 0.364. The van der Waals surface area contributed by atoms with Crippen molar-refractivity contribution >= 4 is 30.1 Å². The molecule has 0 spiro atoms. The zero-order valence-corrected chi connectivity index (χ0v) is 10.7. The molecule has 0 aromatic heterocycles. The van der Waals surface area contributed by atoms with Crippen LogP contribution in [0.5, 0.6) is 0 Å². The normalized spacial score (nSPS) is 11.2. The first-order valence-electron chi connectivity index (χ1n) is 5.19. The van der Waals surface area contributed by atoms with Gasteiger partial charge in [0.2, 0.25) is 0 Å². The van der Waals surface area contributed by atoms with Gasteiger partial charge >= 0.3 is 7.12 Å². The van der Waals surface area contributed by atoms with Gasteiger partial charge in [-0.25, -0.2) is 0 Å². The standard InChI is InChI=1S/C11H15BClNO3/c1-11(2,3)14-10(15)8-6-7(12(16)17)4-5-9(8)13/h4-6,16-17H,1-3H3,(H,14,15). The minimum Gasteiger partial charge on any atom is -0.423 e. The Bertz CT molecular complexity index is 429. The molecule has 0 aliphatic rings. The Morgan fingerprint density at radius 2 is 1.94 bits per heavy atom. The van der Waals surface area contributed by atoms with Gasteiger partial charge in [0.15, 0.2) is 0 Å². The number of hydrogen-bond acceptors (Lipinski definition) is 3. The molecule has 0 atom stereocenters. The second kappa shape index (κ2) is 5.08. The zero-order valence-electron chi connectivity index (χ0n) is 9.99. The fourth-order valence-electron chi connectivity index (χ4n) is 1.29. The lowest BCUT2D eigenvalue weighted by atomic mass is 9.79. The van der Waals surface area contributed by atoms with Crippen LogP contribution in [0.2, 0.25) is 5.02 Å². The highest BCUT2D eigenvalue weighted by molar-refractivity contribution is 6.58. The molecule has 0 aliphatic carbocycles. The van der Waals surface area contributed by atoms with E-state index in [1.807, 2.05) is 20.8 Å². The van der Waals surface area contributed by atoms with E-state index in [4.69, 9.17) is 21.6 Å². The predicted molar refractivity (Wildman–Crippen MR) is 68.5 cm³/mol. The maximum atomic E-state index is 11.9. The maximum Gasteiger partial charge on any atom is 0.488 e. The average molecular weight is 256 g/mol. The fourth-order valence-corrected chi connectivity index (χ4v) is 1.49. The summed E-state index contributed by atoms with van der Waals surface area (Å²) >= 11 is 5.90. The monoisotopic (exact) mass is 255 g/mol.